The Morgan fingerprint density at radius 1 is 1.53 bits per heavy atom. The molecule has 1 amide bonds. The van der Waals surface area contributed by atoms with Gasteiger partial charge in [0.25, 0.3) is 5.91 Å². The van der Waals surface area contributed by atoms with Gasteiger partial charge < -0.3 is 9.84 Å². The Morgan fingerprint density at radius 3 is 3.06 bits per heavy atom. The van der Waals surface area contributed by atoms with Crippen LogP contribution in [-0.4, -0.2) is 22.6 Å². The molecule has 5 heteroatoms. The lowest BCUT2D eigenvalue weighted by atomic mass is 10.2. The van der Waals surface area contributed by atoms with E-state index in [0.29, 0.717) is 12.2 Å². The van der Waals surface area contributed by atoms with Gasteiger partial charge in [-0.05, 0) is 25.0 Å². The molecule has 2 aromatic heterocycles. The highest BCUT2D eigenvalue weighted by Crippen LogP contribution is 2.02. The summed E-state index contributed by atoms with van der Waals surface area (Å²) in [6, 6.07) is 5.45. The van der Waals surface area contributed by atoms with E-state index >= 15 is 0 Å². The fourth-order valence-corrected chi connectivity index (χ4v) is 1.42. The number of hydrogen-bond acceptors (Lipinski definition) is 4. The first kappa shape index (κ1) is 11.3. The predicted octanol–water partition coefficient (Wildman–Crippen LogP) is 1.35. The fourth-order valence-electron chi connectivity index (χ4n) is 1.42. The number of aryl methyl sites for hydroxylation is 1. The molecule has 2 aromatic rings. The lowest BCUT2D eigenvalue weighted by Gasteiger charge is -2.02. The van der Waals surface area contributed by atoms with E-state index in [4.69, 9.17) is 4.52 Å². The van der Waals surface area contributed by atoms with Crippen molar-refractivity contribution in [1.82, 2.24) is 15.5 Å². The van der Waals surface area contributed by atoms with E-state index in [1.165, 1.54) is 0 Å². The summed E-state index contributed by atoms with van der Waals surface area (Å²) in [4.78, 5) is 15.6. The van der Waals surface area contributed by atoms with Gasteiger partial charge in [0.2, 0.25) is 5.76 Å². The third-order valence-corrected chi connectivity index (χ3v) is 2.27. The van der Waals surface area contributed by atoms with Crippen molar-refractivity contribution in [3.05, 3.63) is 47.6 Å². The Kier molecular flexibility index (Phi) is 3.49. The molecule has 0 fully saturated rings. The SMILES string of the molecule is Cc1cc(C(=O)NCCc2cccnc2)on1. The van der Waals surface area contributed by atoms with E-state index in [2.05, 4.69) is 15.5 Å². The summed E-state index contributed by atoms with van der Waals surface area (Å²) in [6.45, 7) is 2.32. The van der Waals surface area contributed by atoms with Gasteiger partial charge in [0.1, 0.15) is 0 Å². The maximum Gasteiger partial charge on any atom is 0.289 e. The number of nitrogens with one attached hydrogen (secondary N) is 1. The zero-order valence-corrected chi connectivity index (χ0v) is 9.51. The van der Waals surface area contributed by atoms with Gasteiger partial charge in [-0.3, -0.25) is 9.78 Å². The van der Waals surface area contributed by atoms with E-state index in [0.717, 1.165) is 12.0 Å². The zero-order chi connectivity index (χ0) is 12.1. The first-order valence-electron chi connectivity index (χ1n) is 5.36. The summed E-state index contributed by atoms with van der Waals surface area (Å²) >= 11 is 0. The summed E-state index contributed by atoms with van der Waals surface area (Å²) in [7, 11) is 0. The molecule has 0 radical (unpaired) electrons. The Bertz CT molecular complexity index is 493. The van der Waals surface area contributed by atoms with E-state index in [1.807, 2.05) is 12.1 Å². The molecular weight excluding hydrogens is 218 g/mol. The standard InChI is InChI=1S/C12H13N3O2/c1-9-7-11(17-15-9)12(16)14-6-4-10-3-2-5-13-8-10/h2-3,5,7-8H,4,6H2,1H3,(H,14,16). The van der Waals surface area contributed by atoms with Crippen molar-refractivity contribution in [2.24, 2.45) is 0 Å². The summed E-state index contributed by atoms with van der Waals surface area (Å²) in [5.41, 5.74) is 1.78. The second-order valence-corrected chi connectivity index (χ2v) is 3.70. The maximum absolute atomic E-state index is 11.6. The van der Waals surface area contributed by atoms with Crippen LogP contribution in [0.5, 0.6) is 0 Å². The largest absolute Gasteiger partial charge is 0.351 e. The Labute approximate surface area is 98.8 Å². The van der Waals surface area contributed by atoms with Gasteiger partial charge in [-0.2, -0.15) is 0 Å². The van der Waals surface area contributed by atoms with Crippen LogP contribution in [0, 0.1) is 6.92 Å². The zero-order valence-electron chi connectivity index (χ0n) is 9.51. The van der Waals surface area contributed by atoms with E-state index in [9.17, 15) is 4.79 Å². The summed E-state index contributed by atoms with van der Waals surface area (Å²) < 4.78 is 4.85. The summed E-state index contributed by atoms with van der Waals surface area (Å²) in [5.74, 6) is 0.00294. The first-order valence-corrected chi connectivity index (χ1v) is 5.36. The second-order valence-electron chi connectivity index (χ2n) is 3.70. The molecule has 0 saturated carbocycles. The molecule has 2 heterocycles. The third kappa shape index (κ3) is 3.14. The van der Waals surface area contributed by atoms with Crippen molar-refractivity contribution >= 4 is 5.91 Å². The van der Waals surface area contributed by atoms with Crippen molar-refractivity contribution in [2.75, 3.05) is 6.54 Å². The highest BCUT2D eigenvalue weighted by molar-refractivity contribution is 5.91. The molecule has 17 heavy (non-hydrogen) atoms. The molecule has 1 N–H and O–H groups in total. The monoisotopic (exact) mass is 231 g/mol. The molecule has 0 saturated heterocycles. The molecule has 0 unspecified atom stereocenters. The van der Waals surface area contributed by atoms with Crippen LogP contribution in [0.15, 0.2) is 35.1 Å². The highest BCUT2D eigenvalue weighted by atomic mass is 16.5. The average molecular weight is 231 g/mol. The van der Waals surface area contributed by atoms with Crippen LogP contribution in [-0.2, 0) is 6.42 Å². The van der Waals surface area contributed by atoms with Crippen LogP contribution in [0.1, 0.15) is 21.8 Å². The lowest BCUT2D eigenvalue weighted by molar-refractivity contribution is 0.0917. The van der Waals surface area contributed by atoms with E-state index in [-0.39, 0.29) is 11.7 Å². The number of hydrogen-bond donors (Lipinski definition) is 1. The number of nitrogens with zero attached hydrogens (tertiary/aromatic N) is 2. The molecule has 0 aliphatic heterocycles. The van der Waals surface area contributed by atoms with Gasteiger partial charge in [-0.15, -0.1) is 0 Å². The highest BCUT2D eigenvalue weighted by Gasteiger charge is 2.10. The van der Waals surface area contributed by atoms with E-state index < -0.39 is 0 Å². The van der Waals surface area contributed by atoms with Gasteiger partial charge in [0, 0.05) is 25.0 Å². The number of aromatic nitrogens is 2. The topological polar surface area (TPSA) is 68.0 Å². The van der Waals surface area contributed by atoms with Crippen molar-refractivity contribution in [1.29, 1.82) is 0 Å². The van der Waals surface area contributed by atoms with Crippen LogP contribution >= 0.6 is 0 Å². The first-order chi connectivity index (χ1) is 8.25. The Hall–Kier alpha value is -2.17. The summed E-state index contributed by atoms with van der Waals surface area (Å²) in [5, 5.41) is 6.42. The molecule has 2 rings (SSSR count). The quantitative estimate of drug-likeness (QED) is 0.862. The minimum absolute atomic E-state index is 0.241. The number of carbonyl (C=O) groups excluding carboxylic acids is 1. The molecule has 0 bridgehead atoms. The minimum atomic E-state index is -0.241. The number of amides is 1. The summed E-state index contributed by atoms with van der Waals surface area (Å²) in [6.07, 6.45) is 4.25. The van der Waals surface area contributed by atoms with Gasteiger partial charge in [0.15, 0.2) is 0 Å². The Balaban J connectivity index is 1.81. The van der Waals surface area contributed by atoms with Crippen molar-refractivity contribution in [2.45, 2.75) is 13.3 Å². The molecule has 0 aromatic carbocycles. The molecule has 0 spiro atoms. The van der Waals surface area contributed by atoms with Gasteiger partial charge in [0.05, 0.1) is 5.69 Å². The van der Waals surface area contributed by atoms with Crippen molar-refractivity contribution in [3.63, 3.8) is 0 Å². The Morgan fingerprint density at radius 2 is 2.41 bits per heavy atom. The molecule has 88 valence electrons. The third-order valence-electron chi connectivity index (χ3n) is 2.27. The molecule has 5 nitrogen and oxygen atoms in total. The van der Waals surface area contributed by atoms with Gasteiger partial charge in [-0.1, -0.05) is 11.2 Å². The minimum Gasteiger partial charge on any atom is -0.351 e. The number of rotatable bonds is 4. The fraction of sp³-hybridized carbons (Fsp3) is 0.250. The molecule has 0 aliphatic carbocycles. The van der Waals surface area contributed by atoms with Crippen LogP contribution in [0.3, 0.4) is 0 Å². The van der Waals surface area contributed by atoms with Gasteiger partial charge >= 0.3 is 0 Å². The predicted molar refractivity (Wildman–Crippen MR) is 61.5 cm³/mol. The van der Waals surface area contributed by atoms with Crippen LogP contribution in [0.25, 0.3) is 0 Å². The van der Waals surface area contributed by atoms with Crippen LogP contribution in [0.4, 0.5) is 0 Å². The average Bonchev–Trinajstić information content (AvgIpc) is 2.77. The normalized spacial score (nSPS) is 10.2. The van der Waals surface area contributed by atoms with Crippen LogP contribution < -0.4 is 5.32 Å². The smallest absolute Gasteiger partial charge is 0.289 e. The lowest BCUT2D eigenvalue weighted by Crippen LogP contribution is -2.25. The van der Waals surface area contributed by atoms with Gasteiger partial charge in [-0.25, -0.2) is 0 Å². The van der Waals surface area contributed by atoms with Crippen molar-refractivity contribution in [3.8, 4) is 0 Å². The van der Waals surface area contributed by atoms with Crippen LogP contribution in [0.2, 0.25) is 0 Å². The maximum atomic E-state index is 11.6. The molecular formula is C12H13N3O2. The molecule has 0 aliphatic rings. The van der Waals surface area contributed by atoms with E-state index in [1.54, 1.807) is 25.4 Å². The second kappa shape index (κ2) is 5.25. The van der Waals surface area contributed by atoms with Crippen molar-refractivity contribution < 1.29 is 9.32 Å². The number of pyridine rings is 1. The number of carbonyl (C=O) groups is 1. The molecule has 0 atom stereocenters.